The van der Waals surface area contributed by atoms with Gasteiger partial charge in [0, 0.05) is 38.9 Å². The van der Waals surface area contributed by atoms with Gasteiger partial charge in [0.15, 0.2) is 0 Å². The number of amides is 2. The number of nitrogens with one attached hydrogen (secondary N) is 3. The summed E-state index contributed by atoms with van der Waals surface area (Å²) in [5, 5.41) is 9.49. The number of aryl methyl sites for hydroxylation is 1. The van der Waals surface area contributed by atoms with Crippen molar-refractivity contribution in [3.05, 3.63) is 47.7 Å². The molecule has 28 heavy (non-hydrogen) atoms. The number of hydrogen-bond donors (Lipinski definition) is 3. The summed E-state index contributed by atoms with van der Waals surface area (Å²) in [7, 11) is 3.93. The minimum Gasteiger partial charge on any atom is -0.363 e. The minimum absolute atomic E-state index is 0.0957. The van der Waals surface area contributed by atoms with Crippen molar-refractivity contribution in [3.63, 3.8) is 0 Å². The number of carbonyl (C=O) groups excluding carboxylic acids is 1. The topological polar surface area (TPSA) is 82.2 Å². The number of aromatic nitrogens is 2. The molecule has 1 aromatic carbocycles. The molecule has 1 aliphatic carbocycles. The van der Waals surface area contributed by atoms with E-state index in [4.69, 9.17) is 0 Å². The maximum Gasteiger partial charge on any atom is 0.315 e. The van der Waals surface area contributed by atoms with Crippen LogP contribution in [0.15, 0.2) is 36.5 Å². The molecule has 3 N–H and O–H groups in total. The lowest BCUT2D eigenvalue weighted by molar-refractivity contribution is 0.231. The Balaban J connectivity index is 1.41. The van der Waals surface area contributed by atoms with Gasteiger partial charge in [-0.2, -0.15) is 4.98 Å². The fraction of sp³-hybridized carbons (Fsp3) is 0.476. The SMILES string of the molecule is Cc1ccccc1CNC(=O)NC1CCC(Nc2nccc(N(C)C)n2)CC1. The van der Waals surface area contributed by atoms with E-state index in [1.165, 1.54) is 5.56 Å². The van der Waals surface area contributed by atoms with E-state index >= 15 is 0 Å². The Labute approximate surface area is 167 Å². The van der Waals surface area contributed by atoms with Gasteiger partial charge >= 0.3 is 6.03 Å². The van der Waals surface area contributed by atoms with Gasteiger partial charge in [-0.1, -0.05) is 24.3 Å². The second-order valence-electron chi connectivity index (χ2n) is 7.58. The van der Waals surface area contributed by atoms with Gasteiger partial charge < -0.3 is 20.9 Å². The smallest absolute Gasteiger partial charge is 0.315 e. The van der Waals surface area contributed by atoms with Gasteiger partial charge in [-0.05, 0) is 49.8 Å². The Kier molecular flexibility index (Phi) is 6.68. The summed E-state index contributed by atoms with van der Waals surface area (Å²) in [6, 6.07) is 10.4. The molecule has 1 fully saturated rings. The lowest BCUT2D eigenvalue weighted by atomic mass is 9.91. The number of hydrogen-bond acceptors (Lipinski definition) is 5. The summed E-state index contributed by atoms with van der Waals surface area (Å²) in [6.07, 6.45) is 5.64. The van der Waals surface area contributed by atoms with Crippen molar-refractivity contribution in [1.82, 2.24) is 20.6 Å². The van der Waals surface area contributed by atoms with Crippen LogP contribution in [0.4, 0.5) is 16.6 Å². The molecule has 3 rings (SSSR count). The molecule has 0 atom stereocenters. The van der Waals surface area contributed by atoms with E-state index in [9.17, 15) is 4.79 Å². The number of benzene rings is 1. The van der Waals surface area contributed by atoms with Crippen LogP contribution in [-0.2, 0) is 6.54 Å². The van der Waals surface area contributed by atoms with Crippen LogP contribution in [0.2, 0.25) is 0 Å². The molecule has 150 valence electrons. The first-order chi connectivity index (χ1) is 13.5. The van der Waals surface area contributed by atoms with Gasteiger partial charge in [0.1, 0.15) is 5.82 Å². The van der Waals surface area contributed by atoms with E-state index in [1.54, 1.807) is 6.20 Å². The summed E-state index contributed by atoms with van der Waals surface area (Å²) >= 11 is 0. The van der Waals surface area contributed by atoms with E-state index in [1.807, 2.05) is 43.3 Å². The number of urea groups is 1. The van der Waals surface area contributed by atoms with Crippen LogP contribution in [0.1, 0.15) is 36.8 Å². The summed E-state index contributed by atoms with van der Waals surface area (Å²) in [4.78, 5) is 23.0. The van der Waals surface area contributed by atoms with Crippen molar-refractivity contribution in [3.8, 4) is 0 Å². The minimum atomic E-state index is -0.0957. The van der Waals surface area contributed by atoms with Crippen molar-refractivity contribution in [1.29, 1.82) is 0 Å². The first-order valence-corrected chi connectivity index (χ1v) is 9.87. The van der Waals surface area contributed by atoms with Gasteiger partial charge in [-0.15, -0.1) is 0 Å². The zero-order valence-corrected chi connectivity index (χ0v) is 16.9. The van der Waals surface area contributed by atoms with Gasteiger partial charge in [0.05, 0.1) is 0 Å². The molecular formula is C21H30N6O. The average molecular weight is 383 g/mol. The van der Waals surface area contributed by atoms with Crippen molar-refractivity contribution in [2.24, 2.45) is 0 Å². The first-order valence-electron chi connectivity index (χ1n) is 9.87. The Hall–Kier alpha value is -2.83. The Morgan fingerprint density at radius 3 is 2.54 bits per heavy atom. The highest BCUT2D eigenvalue weighted by Crippen LogP contribution is 2.21. The van der Waals surface area contributed by atoms with Gasteiger partial charge in [-0.25, -0.2) is 9.78 Å². The summed E-state index contributed by atoms with van der Waals surface area (Å²) in [5.74, 6) is 1.55. The van der Waals surface area contributed by atoms with Gasteiger partial charge in [0.2, 0.25) is 5.95 Å². The van der Waals surface area contributed by atoms with Crippen LogP contribution in [0.25, 0.3) is 0 Å². The quantitative estimate of drug-likeness (QED) is 0.715. The van der Waals surface area contributed by atoms with Crippen LogP contribution >= 0.6 is 0 Å². The molecule has 1 aliphatic rings. The predicted molar refractivity (Wildman–Crippen MR) is 113 cm³/mol. The molecule has 2 aromatic rings. The average Bonchev–Trinajstić information content (AvgIpc) is 2.69. The molecule has 0 bridgehead atoms. The number of carbonyl (C=O) groups is 1. The molecule has 0 saturated heterocycles. The van der Waals surface area contributed by atoms with Crippen LogP contribution in [0, 0.1) is 6.92 Å². The fourth-order valence-corrected chi connectivity index (χ4v) is 3.45. The summed E-state index contributed by atoms with van der Waals surface area (Å²) < 4.78 is 0. The maximum atomic E-state index is 12.2. The molecule has 7 heteroatoms. The van der Waals surface area contributed by atoms with E-state index in [0.29, 0.717) is 18.5 Å². The first kappa shape index (κ1) is 19.9. The number of nitrogens with zero attached hydrogens (tertiary/aromatic N) is 3. The van der Waals surface area contributed by atoms with Crippen LogP contribution < -0.4 is 20.9 Å². The summed E-state index contributed by atoms with van der Waals surface area (Å²) in [6.45, 7) is 2.61. The molecule has 7 nitrogen and oxygen atoms in total. The molecule has 1 aromatic heterocycles. The third kappa shape index (κ3) is 5.58. The standard InChI is InChI=1S/C21H30N6O/c1-15-6-4-5-7-16(15)14-23-21(28)25-18-10-8-17(9-11-18)24-20-22-13-12-19(26-20)27(2)3/h4-7,12-13,17-18H,8-11,14H2,1-3H3,(H,22,24,26)(H2,23,25,28). The van der Waals surface area contributed by atoms with Crippen molar-refractivity contribution < 1.29 is 4.79 Å². The number of rotatable bonds is 6. The van der Waals surface area contributed by atoms with Crippen LogP contribution in [-0.4, -0.2) is 42.2 Å². The highest BCUT2D eigenvalue weighted by atomic mass is 16.2. The summed E-state index contributed by atoms with van der Waals surface area (Å²) in [5.41, 5.74) is 2.33. The van der Waals surface area contributed by atoms with Crippen molar-refractivity contribution in [2.75, 3.05) is 24.3 Å². The Morgan fingerprint density at radius 2 is 1.82 bits per heavy atom. The maximum absolute atomic E-state index is 12.2. The second kappa shape index (κ2) is 9.39. The molecule has 0 spiro atoms. The monoisotopic (exact) mass is 382 g/mol. The molecule has 0 radical (unpaired) electrons. The second-order valence-corrected chi connectivity index (χ2v) is 7.58. The molecular weight excluding hydrogens is 352 g/mol. The zero-order chi connectivity index (χ0) is 19.9. The van der Waals surface area contributed by atoms with E-state index in [2.05, 4.69) is 38.9 Å². The molecule has 1 saturated carbocycles. The Bertz CT molecular complexity index is 786. The lowest BCUT2D eigenvalue weighted by Crippen LogP contribution is -2.44. The Morgan fingerprint density at radius 1 is 1.11 bits per heavy atom. The normalized spacial score (nSPS) is 19.0. The third-order valence-corrected chi connectivity index (χ3v) is 5.20. The van der Waals surface area contributed by atoms with E-state index in [0.717, 1.165) is 37.1 Å². The van der Waals surface area contributed by atoms with Crippen LogP contribution in [0.5, 0.6) is 0 Å². The predicted octanol–water partition coefficient (Wildman–Crippen LogP) is 3.07. The van der Waals surface area contributed by atoms with Gasteiger partial charge in [0.25, 0.3) is 0 Å². The van der Waals surface area contributed by atoms with E-state index < -0.39 is 0 Å². The molecule has 2 amide bonds. The zero-order valence-electron chi connectivity index (χ0n) is 16.9. The van der Waals surface area contributed by atoms with Crippen LogP contribution in [0.3, 0.4) is 0 Å². The highest BCUT2D eigenvalue weighted by molar-refractivity contribution is 5.74. The largest absolute Gasteiger partial charge is 0.363 e. The van der Waals surface area contributed by atoms with Crippen molar-refractivity contribution in [2.45, 2.75) is 51.2 Å². The third-order valence-electron chi connectivity index (χ3n) is 5.20. The molecule has 0 aliphatic heterocycles. The van der Waals surface area contributed by atoms with E-state index in [-0.39, 0.29) is 12.1 Å². The lowest BCUT2D eigenvalue weighted by Gasteiger charge is -2.29. The molecule has 1 heterocycles. The fourth-order valence-electron chi connectivity index (χ4n) is 3.45. The van der Waals surface area contributed by atoms with Gasteiger partial charge in [-0.3, -0.25) is 0 Å². The van der Waals surface area contributed by atoms with Crippen molar-refractivity contribution >= 4 is 17.8 Å². The highest BCUT2D eigenvalue weighted by Gasteiger charge is 2.23. The molecule has 0 unspecified atom stereocenters. The number of anilines is 2.